The highest BCUT2D eigenvalue weighted by Crippen LogP contribution is 2.35. The smallest absolute Gasteiger partial charge is 0.131 e. The van der Waals surface area contributed by atoms with Crippen LogP contribution in [0.3, 0.4) is 0 Å². The van der Waals surface area contributed by atoms with Crippen molar-refractivity contribution in [3.63, 3.8) is 0 Å². The maximum Gasteiger partial charge on any atom is 0.131 e. The number of halogens is 1. The van der Waals surface area contributed by atoms with E-state index in [0.29, 0.717) is 22.3 Å². The van der Waals surface area contributed by atoms with Crippen molar-refractivity contribution < 1.29 is 4.39 Å². The minimum Gasteiger partial charge on any atom is -0.206 e. The van der Waals surface area contributed by atoms with E-state index in [4.69, 9.17) is 0 Å². The first-order chi connectivity index (χ1) is 12.9. The molecule has 0 spiro atoms. The van der Waals surface area contributed by atoms with Gasteiger partial charge in [-0.3, -0.25) is 0 Å². The lowest BCUT2D eigenvalue weighted by Crippen LogP contribution is -2.12. The van der Waals surface area contributed by atoms with Crippen LogP contribution in [0, 0.1) is 5.82 Å². The van der Waals surface area contributed by atoms with Gasteiger partial charge in [0.15, 0.2) is 0 Å². The fourth-order valence-corrected chi connectivity index (χ4v) is 3.94. The van der Waals surface area contributed by atoms with Crippen molar-refractivity contribution in [3.05, 3.63) is 90.3 Å². The molecule has 0 radical (unpaired) electrons. The maximum absolute atomic E-state index is 14.6. The molecule has 0 bridgehead atoms. The van der Waals surface area contributed by atoms with Crippen LogP contribution in [0.25, 0.3) is 16.7 Å². The van der Waals surface area contributed by atoms with Gasteiger partial charge in [0, 0.05) is 10.8 Å². The van der Waals surface area contributed by atoms with Crippen LogP contribution in [0.1, 0.15) is 49.7 Å². The Bertz CT molecular complexity index is 852. The second-order valence-electron chi connectivity index (χ2n) is 7.53. The maximum atomic E-state index is 14.6. The van der Waals surface area contributed by atoms with E-state index < -0.39 is 0 Å². The molecule has 2 aromatic carbocycles. The van der Waals surface area contributed by atoms with Crippen LogP contribution in [0.15, 0.2) is 73.3 Å². The zero-order valence-corrected chi connectivity index (χ0v) is 16.8. The summed E-state index contributed by atoms with van der Waals surface area (Å²) in [4.78, 5) is 0. The molecule has 2 heteroatoms. The van der Waals surface area contributed by atoms with Crippen LogP contribution in [0.2, 0.25) is 0 Å². The second kappa shape index (κ2) is 8.75. The Morgan fingerprint density at radius 1 is 0.963 bits per heavy atom. The summed E-state index contributed by atoms with van der Waals surface area (Å²) < 4.78 is 14.6. The van der Waals surface area contributed by atoms with Gasteiger partial charge in [-0.1, -0.05) is 67.3 Å². The Morgan fingerprint density at radius 2 is 1.59 bits per heavy atom. The molecule has 2 aromatic rings. The minimum atomic E-state index is -0.250. The average molecular weight is 379 g/mol. The first-order valence-corrected chi connectivity index (χ1v) is 10.1. The van der Waals surface area contributed by atoms with E-state index in [-0.39, 0.29) is 5.82 Å². The Labute approximate surface area is 167 Å². The van der Waals surface area contributed by atoms with E-state index in [2.05, 4.69) is 50.1 Å². The monoisotopic (exact) mass is 378 g/mol. The van der Waals surface area contributed by atoms with E-state index in [1.54, 1.807) is 18.2 Å². The van der Waals surface area contributed by atoms with E-state index in [1.807, 2.05) is 19.1 Å². The first-order valence-electron chi connectivity index (χ1n) is 9.55. The Hall–Kier alpha value is -2.06. The topological polar surface area (TPSA) is 0 Å². The van der Waals surface area contributed by atoms with E-state index >= 15 is 0 Å². The van der Waals surface area contributed by atoms with Gasteiger partial charge in [-0.2, -0.15) is 12.6 Å². The SMILES string of the molecule is C=C(C)/C=C\C(=C)c1ccc(-c2ccc(C3CCC(S)CC3)cc2)cc1F. The molecule has 0 aliphatic heterocycles. The molecular weight excluding hydrogens is 351 g/mol. The standard InChI is InChI=1S/C25H27FS/c1-17(2)4-5-18(3)24-15-12-22(16-25(24)26)21-8-6-19(7-9-21)20-10-13-23(27)14-11-20/h4-9,12,15-16,20,23,27H,1,3,10-11,13-14H2,2H3/b5-4-. The number of benzene rings is 2. The highest BCUT2D eigenvalue weighted by molar-refractivity contribution is 7.80. The number of rotatable bonds is 5. The van der Waals surface area contributed by atoms with Gasteiger partial charge in [-0.25, -0.2) is 4.39 Å². The van der Waals surface area contributed by atoms with Crippen LogP contribution in [-0.2, 0) is 0 Å². The molecule has 0 atom stereocenters. The molecule has 1 aliphatic carbocycles. The van der Waals surface area contributed by atoms with Gasteiger partial charge in [0.05, 0.1) is 0 Å². The zero-order chi connectivity index (χ0) is 19.4. The van der Waals surface area contributed by atoms with E-state index in [9.17, 15) is 4.39 Å². The fraction of sp³-hybridized carbons (Fsp3) is 0.280. The largest absolute Gasteiger partial charge is 0.206 e. The first kappa shape index (κ1) is 19.7. The molecule has 0 nitrogen and oxygen atoms in total. The lowest BCUT2D eigenvalue weighted by atomic mass is 9.83. The van der Waals surface area contributed by atoms with Gasteiger partial charge < -0.3 is 0 Å². The third-order valence-corrected chi connectivity index (χ3v) is 5.81. The lowest BCUT2D eigenvalue weighted by Gasteiger charge is -2.26. The van der Waals surface area contributed by atoms with Gasteiger partial charge in [0.25, 0.3) is 0 Å². The summed E-state index contributed by atoms with van der Waals surface area (Å²) in [5, 5.41) is 0.557. The lowest BCUT2D eigenvalue weighted by molar-refractivity contribution is 0.455. The molecule has 0 amide bonds. The Kier molecular flexibility index (Phi) is 6.38. The minimum absolute atomic E-state index is 0.250. The summed E-state index contributed by atoms with van der Waals surface area (Å²) in [5.41, 5.74) is 5.40. The Balaban J connectivity index is 1.76. The van der Waals surface area contributed by atoms with Gasteiger partial charge in [0.2, 0.25) is 0 Å². The van der Waals surface area contributed by atoms with Crippen molar-refractivity contribution in [1.82, 2.24) is 0 Å². The summed E-state index contributed by atoms with van der Waals surface area (Å²) in [5.74, 6) is 0.380. The Morgan fingerprint density at radius 3 is 2.19 bits per heavy atom. The van der Waals surface area contributed by atoms with Crippen LogP contribution in [-0.4, -0.2) is 5.25 Å². The second-order valence-corrected chi connectivity index (χ2v) is 8.26. The van der Waals surface area contributed by atoms with Crippen LogP contribution in [0.5, 0.6) is 0 Å². The third-order valence-electron chi connectivity index (χ3n) is 5.30. The van der Waals surface area contributed by atoms with E-state index in [0.717, 1.165) is 16.7 Å². The van der Waals surface area contributed by atoms with Gasteiger partial charge in [0.1, 0.15) is 5.82 Å². The molecule has 27 heavy (non-hydrogen) atoms. The molecular formula is C25H27FS. The number of thiol groups is 1. The molecule has 0 unspecified atom stereocenters. The summed E-state index contributed by atoms with van der Waals surface area (Å²) in [6.45, 7) is 9.67. The van der Waals surface area contributed by atoms with Crippen molar-refractivity contribution in [2.45, 2.75) is 43.8 Å². The molecule has 1 fully saturated rings. The number of hydrogen-bond donors (Lipinski definition) is 1. The molecule has 0 saturated heterocycles. The normalized spacial score (nSPS) is 20.0. The number of allylic oxidation sites excluding steroid dienone is 4. The molecule has 1 saturated carbocycles. The van der Waals surface area contributed by atoms with Gasteiger partial charge in [-0.05, 0) is 66.9 Å². The van der Waals surface area contributed by atoms with Crippen LogP contribution in [0.4, 0.5) is 4.39 Å². The summed E-state index contributed by atoms with van der Waals surface area (Å²) in [6.07, 6.45) is 8.43. The van der Waals surface area contributed by atoms with Crippen molar-refractivity contribution >= 4 is 18.2 Å². The molecule has 140 valence electrons. The molecule has 3 rings (SSSR count). The van der Waals surface area contributed by atoms with Crippen LogP contribution >= 0.6 is 12.6 Å². The van der Waals surface area contributed by atoms with Crippen molar-refractivity contribution in [1.29, 1.82) is 0 Å². The van der Waals surface area contributed by atoms with Crippen LogP contribution < -0.4 is 0 Å². The predicted octanol–water partition coefficient (Wildman–Crippen LogP) is 7.59. The van der Waals surface area contributed by atoms with E-state index in [1.165, 1.54) is 31.2 Å². The molecule has 1 aliphatic rings. The third kappa shape index (κ3) is 5.01. The average Bonchev–Trinajstić information content (AvgIpc) is 2.67. The molecule has 0 N–H and O–H groups in total. The summed E-state index contributed by atoms with van der Waals surface area (Å²) in [6, 6.07) is 13.9. The fourth-order valence-electron chi connectivity index (χ4n) is 3.64. The summed E-state index contributed by atoms with van der Waals surface area (Å²) in [7, 11) is 0. The predicted molar refractivity (Wildman–Crippen MR) is 119 cm³/mol. The van der Waals surface area contributed by atoms with Gasteiger partial charge >= 0.3 is 0 Å². The van der Waals surface area contributed by atoms with Crippen molar-refractivity contribution in [3.8, 4) is 11.1 Å². The highest BCUT2D eigenvalue weighted by Gasteiger charge is 2.20. The molecule has 0 heterocycles. The summed E-state index contributed by atoms with van der Waals surface area (Å²) >= 11 is 4.58. The van der Waals surface area contributed by atoms with Crippen molar-refractivity contribution in [2.24, 2.45) is 0 Å². The van der Waals surface area contributed by atoms with Crippen molar-refractivity contribution in [2.75, 3.05) is 0 Å². The van der Waals surface area contributed by atoms with Gasteiger partial charge in [-0.15, -0.1) is 0 Å². The zero-order valence-electron chi connectivity index (χ0n) is 15.9. The molecule has 0 aromatic heterocycles. The number of hydrogen-bond acceptors (Lipinski definition) is 1. The highest BCUT2D eigenvalue weighted by atomic mass is 32.1. The quantitative estimate of drug-likeness (QED) is 0.402.